The lowest BCUT2D eigenvalue weighted by Gasteiger charge is -2.29. The number of hydrazine groups is 1. The molecule has 1 saturated carbocycles. The molecule has 2 rings (SSSR count). The van der Waals surface area contributed by atoms with Gasteiger partial charge in [-0.2, -0.15) is 4.98 Å². The second-order valence-electron chi connectivity index (χ2n) is 5.58. The number of nitrogens with two attached hydrogens (primary N) is 1. The van der Waals surface area contributed by atoms with Gasteiger partial charge in [-0.25, -0.2) is 10.8 Å². The second kappa shape index (κ2) is 7.56. The average Bonchev–Trinajstić information content (AvgIpc) is 2.50. The molecule has 2 unspecified atom stereocenters. The molecule has 2 atom stereocenters. The Morgan fingerprint density at radius 3 is 2.71 bits per heavy atom. The van der Waals surface area contributed by atoms with Crippen LogP contribution in [0.15, 0.2) is 0 Å². The Hall–Kier alpha value is -1.40. The summed E-state index contributed by atoms with van der Waals surface area (Å²) in [6.45, 7) is 4.03. The minimum atomic E-state index is 0.150. The predicted octanol–water partition coefficient (Wildman–Crippen LogP) is 2.36. The number of nitrogens with one attached hydrogen (secondary N) is 1. The molecule has 6 heteroatoms. The highest BCUT2D eigenvalue weighted by Crippen LogP contribution is 2.28. The van der Waals surface area contributed by atoms with Crippen molar-refractivity contribution in [1.29, 1.82) is 0 Å². The highest BCUT2D eigenvalue weighted by atomic mass is 16.5. The summed E-state index contributed by atoms with van der Waals surface area (Å²) in [4.78, 5) is 8.96. The van der Waals surface area contributed by atoms with Crippen LogP contribution in [0.2, 0.25) is 0 Å². The van der Waals surface area contributed by atoms with E-state index in [1.807, 2.05) is 6.92 Å². The van der Waals surface area contributed by atoms with Crippen LogP contribution < -0.4 is 16.0 Å². The van der Waals surface area contributed by atoms with Crippen LogP contribution in [0.3, 0.4) is 0 Å². The Bertz CT molecular complexity index is 467. The van der Waals surface area contributed by atoms with Crippen molar-refractivity contribution in [1.82, 2.24) is 9.97 Å². The summed E-state index contributed by atoms with van der Waals surface area (Å²) >= 11 is 0. The van der Waals surface area contributed by atoms with Crippen LogP contribution in [0.25, 0.3) is 0 Å². The standard InChI is InChI=1S/C15H26N4O2/c1-4-6-13-17-14(19-16)10(2)15(18-13)21-12-8-5-7-11(9-12)20-3/h11-12H,4-9,16H2,1-3H3,(H,17,18,19). The molecule has 0 radical (unpaired) electrons. The minimum absolute atomic E-state index is 0.150. The fourth-order valence-electron chi connectivity index (χ4n) is 2.71. The molecule has 0 bridgehead atoms. The average molecular weight is 294 g/mol. The molecule has 1 heterocycles. The van der Waals surface area contributed by atoms with Crippen LogP contribution in [0.4, 0.5) is 5.82 Å². The van der Waals surface area contributed by atoms with Crippen molar-refractivity contribution >= 4 is 5.82 Å². The maximum atomic E-state index is 6.12. The van der Waals surface area contributed by atoms with E-state index in [0.29, 0.717) is 11.7 Å². The van der Waals surface area contributed by atoms with Gasteiger partial charge in [-0.1, -0.05) is 6.92 Å². The van der Waals surface area contributed by atoms with Gasteiger partial charge in [-0.05, 0) is 32.6 Å². The van der Waals surface area contributed by atoms with Crippen molar-refractivity contribution in [2.75, 3.05) is 12.5 Å². The SMILES string of the molecule is CCCc1nc(NN)c(C)c(OC2CCCC(OC)C2)n1. The van der Waals surface area contributed by atoms with Crippen molar-refractivity contribution in [3.8, 4) is 5.88 Å². The van der Waals surface area contributed by atoms with E-state index < -0.39 is 0 Å². The predicted molar refractivity (Wildman–Crippen MR) is 82.3 cm³/mol. The maximum Gasteiger partial charge on any atom is 0.222 e. The molecule has 0 aliphatic heterocycles. The lowest BCUT2D eigenvalue weighted by Crippen LogP contribution is -2.30. The minimum Gasteiger partial charge on any atom is -0.474 e. The second-order valence-corrected chi connectivity index (χ2v) is 5.58. The van der Waals surface area contributed by atoms with Crippen molar-refractivity contribution in [3.05, 3.63) is 11.4 Å². The Balaban J connectivity index is 2.15. The highest BCUT2D eigenvalue weighted by molar-refractivity contribution is 5.47. The quantitative estimate of drug-likeness (QED) is 0.619. The van der Waals surface area contributed by atoms with Gasteiger partial charge in [-0.3, -0.25) is 0 Å². The number of hydrogen-bond acceptors (Lipinski definition) is 6. The van der Waals surface area contributed by atoms with Gasteiger partial charge < -0.3 is 14.9 Å². The monoisotopic (exact) mass is 294 g/mol. The van der Waals surface area contributed by atoms with Crippen LogP contribution in [-0.4, -0.2) is 29.3 Å². The smallest absolute Gasteiger partial charge is 0.222 e. The fraction of sp³-hybridized carbons (Fsp3) is 0.733. The number of aryl methyl sites for hydroxylation is 1. The fourth-order valence-corrected chi connectivity index (χ4v) is 2.71. The van der Waals surface area contributed by atoms with E-state index in [-0.39, 0.29) is 12.2 Å². The first kappa shape index (κ1) is 16.0. The molecule has 1 fully saturated rings. The van der Waals surface area contributed by atoms with E-state index >= 15 is 0 Å². The van der Waals surface area contributed by atoms with Crippen LogP contribution >= 0.6 is 0 Å². The summed E-state index contributed by atoms with van der Waals surface area (Å²) in [6, 6.07) is 0. The zero-order valence-electron chi connectivity index (χ0n) is 13.2. The van der Waals surface area contributed by atoms with Crippen LogP contribution in [-0.2, 0) is 11.2 Å². The Labute approximate surface area is 126 Å². The van der Waals surface area contributed by atoms with Crippen LogP contribution in [0.1, 0.15) is 50.4 Å². The summed E-state index contributed by atoms with van der Waals surface area (Å²) in [7, 11) is 1.76. The molecule has 118 valence electrons. The van der Waals surface area contributed by atoms with E-state index in [4.69, 9.17) is 15.3 Å². The number of nitrogen functional groups attached to an aromatic ring is 1. The van der Waals surface area contributed by atoms with Crippen molar-refractivity contribution in [2.24, 2.45) is 5.84 Å². The normalized spacial score (nSPS) is 22.1. The molecule has 1 aromatic rings. The maximum absolute atomic E-state index is 6.12. The molecule has 3 N–H and O–H groups in total. The van der Waals surface area contributed by atoms with Crippen molar-refractivity contribution < 1.29 is 9.47 Å². The zero-order valence-corrected chi connectivity index (χ0v) is 13.2. The molecule has 0 aromatic carbocycles. The summed E-state index contributed by atoms with van der Waals surface area (Å²) in [5.74, 6) is 7.60. The summed E-state index contributed by atoms with van der Waals surface area (Å²) in [6.07, 6.45) is 6.42. The molecule has 1 aromatic heterocycles. The summed E-state index contributed by atoms with van der Waals surface area (Å²) in [5, 5.41) is 0. The highest BCUT2D eigenvalue weighted by Gasteiger charge is 2.24. The van der Waals surface area contributed by atoms with E-state index in [0.717, 1.165) is 49.9 Å². The molecule has 21 heavy (non-hydrogen) atoms. The van der Waals surface area contributed by atoms with Gasteiger partial charge in [0.15, 0.2) is 0 Å². The van der Waals surface area contributed by atoms with Gasteiger partial charge in [0.1, 0.15) is 17.7 Å². The first-order chi connectivity index (χ1) is 10.2. The largest absolute Gasteiger partial charge is 0.474 e. The third-order valence-electron chi connectivity index (χ3n) is 3.95. The first-order valence-electron chi connectivity index (χ1n) is 7.71. The van der Waals surface area contributed by atoms with Crippen molar-refractivity contribution in [3.63, 3.8) is 0 Å². The topological polar surface area (TPSA) is 82.3 Å². The number of hydrogen-bond donors (Lipinski definition) is 2. The van der Waals surface area contributed by atoms with E-state index in [2.05, 4.69) is 22.3 Å². The number of ether oxygens (including phenoxy) is 2. The van der Waals surface area contributed by atoms with Gasteiger partial charge in [0.05, 0.1) is 11.7 Å². The Morgan fingerprint density at radius 2 is 2.05 bits per heavy atom. The lowest BCUT2D eigenvalue weighted by molar-refractivity contribution is 0.0192. The van der Waals surface area contributed by atoms with Gasteiger partial charge in [0.2, 0.25) is 5.88 Å². The third-order valence-corrected chi connectivity index (χ3v) is 3.95. The van der Waals surface area contributed by atoms with E-state index in [9.17, 15) is 0 Å². The Morgan fingerprint density at radius 1 is 1.29 bits per heavy atom. The number of nitrogens with zero attached hydrogens (tertiary/aromatic N) is 2. The van der Waals surface area contributed by atoms with E-state index in [1.165, 1.54) is 0 Å². The van der Waals surface area contributed by atoms with Gasteiger partial charge in [-0.15, -0.1) is 0 Å². The Kier molecular flexibility index (Phi) is 5.76. The molecule has 1 aliphatic carbocycles. The third kappa shape index (κ3) is 4.04. The number of aromatic nitrogens is 2. The number of anilines is 1. The van der Waals surface area contributed by atoms with Gasteiger partial charge in [0, 0.05) is 20.0 Å². The zero-order chi connectivity index (χ0) is 15.2. The van der Waals surface area contributed by atoms with E-state index in [1.54, 1.807) is 7.11 Å². The molecular formula is C15H26N4O2. The number of rotatable bonds is 6. The molecule has 6 nitrogen and oxygen atoms in total. The summed E-state index contributed by atoms with van der Waals surface area (Å²) < 4.78 is 11.6. The summed E-state index contributed by atoms with van der Waals surface area (Å²) in [5.41, 5.74) is 3.49. The molecule has 0 amide bonds. The molecule has 0 saturated heterocycles. The molecule has 1 aliphatic rings. The molecule has 0 spiro atoms. The number of methoxy groups -OCH3 is 1. The van der Waals surface area contributed by atoms with Crippen LogP contribution in [0.5, 0.6) is 5.88 Å². The van der Waals surface area contributed by atoms with Gasteiger partial charge in [0.25, 0.3) is 0 Å². The lowest BCUT2D eigenvalue weighted by atomic mass is 9.95. The first-order valence-corrected chi connectivity index (χ1v) is 7.71. The van der Waals surface area contributed by atoms with Gasteiger partial charge >= 0.3 is 0 Å². The molecular weight excluding hydrogens is 268 g/mol. The van der Waals surface area contributed by atoms with Crippen LogP contribution in [0, 0.1) is 6.92 Å². The van der Waals surface area contributed by atoms with Crippen molar-refractivity contribution in [2.45, 2.75) is 64.6 Å².